The van der Waals surface area contributed by atoms with Crippen LogP contribution in [0.4, 0.5) is 5.69 Å². The van der Waals surface area contributed by atoms with E-state index in [-0.39, 0.29) is 5.91 Å². The van der Waals surface area contributed by atoms with Gasteiger partial charge in [0.15, 0.2) is 0 Å². The van der Waals surface area contributed by atoms with Crippen LogP contribution < -0.4 is 10.2 Å². The molecule has 19 heavy (non-hydrogen) atoms. The molecule has 2 rings (SSSR count). The third kappa shape index (κ3) is 4.12. The van der Waals surface area contributed by atoms with Crippen molar-refractivity contribution in [1.29, 1.82) is 0 Å². The number of hydrogen-bond acceptors (Lipinski definition) is 2. The summed E-state index contributed by atoms with van der Waals surface area (Å²) < 4.78 is 0. The summed E-state index contributed by atoms with van der Waals surface area (Å²) in [5.74, 6) is 0.587. The van der Waals surface area contributed by atoms with Crippen molar-refractivity contribution in [3.05, 3.63) is 42.0 Å². The van der Waals surface area contributed by atoms with E-state index in [1.165, 1.54) is 5.69 Å². The largest absolute Gasteiger partial charge is 0.378 e. The number of allylic oxidation sites excluding steroid dienone is 2. The van der Waals surface area contributed by atoms with Gasteiger partial charge in [-0.3, -0.25) is 4.79 Å². The molecule has 0 saturated heterocycles. The molecule has 3 heteroatoms. The van der Waals surface area contributed by atoms with E-state index < -0.39 is 0 Å². The smallest absolute Gasteiger partial charge is 0.220 e. The van der Waals surface area contributed by atoms with Crippen molar-refractivity contribution in [2.75, 3.05) is 19.0 Å². The fraction of sp³-hybridized carbons (Fsp3) is 0.438. The van der Waals surface area contributed by atoms with Crippen molar-refractivity contribution in [2.24, 2.45) is 5.92 Å². The maximum Gasteiger partial charge on any atom is 0.220 e. The van der Waals surface area contributed by atoms with E-state index in [4.69, 9.17) is 0 Å². The third-order valence-electron chi connectivity index (χ3n) is 3.50. The van der Waals surface area contributed by atoms with Gasteiger partial charge in [0.05, 0.1) is 0 Å². The topological polar surface area (TPSA) is 32.3 Å². The molecule has 0 fully saturated rings. The number of carbonyl (C=O) groups excluding carboxylic acids is 1. The average Bonchev–Trinajstić information content (AvgIpc) is 2.89. The number of rotatable bonds is 5. The maximum absolute atomic E-state index is 11.8. The van der Waals surface area contributed by atoms with Gasteiger partial charge in [-0.25, -0.2) is 0 Å². The minimum Gasteiger partial charge on any atom is -0.378 e. The van der Waals surface area contributed by atoms with Crippen LogP contribution >= 0.6 is 0 Å². The van der Waals surface area contributed by atoms with Crippen LogP contribution in [0.3, 0.4) is 0 Å². The molecular formula is C16H22N2O. The summed E-state index contributed by atoms with van der Waals surface area (Å²) in [6, 6.07) is 8.26. The number of carbonyl (C=O) groups is 1. The lowest BCUT2D eigenvalue weighted by Gasteiger charge is -2.13. The van der Waals surface area contributed by atoms with Crippen molar-refractivity contribution >= 4 is 11.6 Å². The molecule has 0 saturated carbocycles. The highest BCUT2D eigenvalue weighted by Gasteiger charge is 2.13. The highest BCUT2D eigenvalue weighted by Crippen LogP contribution is 2.20. The number of nitrogens with zero attached hydrogens (tertiary/aromatic N) is 1. The molecule has 1 aromatic carbocycles. The summed E-state index contributed by atoms with van der Waals surface area (Å²) in [5.41, 5.74) is 2.31. The molecule has 0 heterocycles. The molecule has 1 atom stereocenters. The minimum absolute atomic E-state index is 0.147. The van der Waals surface area contributed by atoms with Gasteiger partial charge < -0.3 is 10.2 Å². The minimum atomic E-state index is 0.147. The molecule has 1 N–H and O–H groups in total. The van der Waals surface area contributed by atoms with E-state index in [1.807, 2.05) is 14.1 Å². The van der Waals surface area contributed by atoms with Crippen LogP contribution in [0.15, 0.2) is 36.4 Å². The van der Waals surface area contributed by atoms with E-state index in [1.54, 1.807) is 0 Å². The monoisotopic (exact) mass is 258 g/mol. The zero-order chi connectivity index (χ0) is 13.7. The maximum atomic E-state index is 11.8. The summed E-state index contributed by atoms with van der Waals surface area (Å²) in [6.45, 7) is 0.614. The standard InChI is InChI=1S/C16H22N2O/c1-18(2)15-9-7-14(8-10-15)12-17-16(19)11-13-5-3-4-6-13/h3,5,7-10,13H,4,6,11-12H2,1-2H3,(H,17,19)/t13-/m0/s1. The molecule has 1 aliphatic carbocycles. The van der Waals surface area contributed by atoms with Crippen molar-refractivity contribution in [3.63, 3.8) is 0 Å². The number of hydrogen-bond donors (Lipinski definition) is 1. The Hall–Kier alpha value is -1.77. The van der Waals surface area contributed by atoms with Gasteiger partial charge in [0.2, 0.25) is 5.91 Å². The van der Waals surface area contributed by atoms with Crippen LogP contribution in [0, 0.1) is 5.92 Å². The highest BCUT2D eigenvalue weighted by molar-refractivity contribution is 5.76. The van der Waals surface area contributed by atoms with Gasteiger partial charge in [0, 0.05) is 32.7 Å². The molecule has 3 nitrogen and oxygen atoms in total. The van der Waals surface area contributed by atoms with Crippen LogP contribution in [-0.2, 0) is 11.3 Å². The first-order valence-corrected chi connectivity index (χ1v) is 6.85. The normalized spacial score (nSPS) is 17.5. The fourth-order valence-corrected chi connectivity index (χ4v) is 2.29. The molecule has 0 spiro atoms. The highest BCUT2D eigenvalue weighted by atomic mass is 16.1. The zero-order valence-electron chi connectivity index (χ0n) is 11.7. The Labute approximate surface area is 115 Å². The van der Waals surface area contributed by atoms with Gasteiger partial charge in [-0.15, -0.1) is 0 Å². The first-order valence-electron chi connectivity index (χ1n) is 6.85. The molecule has 0 bridgehead atoms. The summed E-state index contributed by atoms with van der Waals surface area (Å²) >= 11 is 0. The Morgan fingerprint density at radius 3 is 2.63 bits per heavy atom. The zero-order valence-corrected chi connectivity index (χ0v) is 11.7. The van der Waals surface area contributed by atoms with Crippen LogP contribution in [-0.4, -0.2) is 20.0 Å². The molecule has 102 valence electrons. The number of anilines is 1. The first kappa shape index (κ1) is 13.7. The van der Waals surface area contributed by atoms with E-state index in [9.17, 15) is 4.79 Å². The van der Waals surface area contributed by atoms with Crippen LogP contribution in [0.2, 0.25) is 0 Å². The Balaban J connectivity index is 1.78. The Kier molecular flexibility index (Phi) is 4.61. The van der Waals surface area contributed by atoms with E-state index in [0.717, 1.165) is 18.4 Å². The molecule has 0 unspecified atom stereocenters. The number of benzene rings is 1. The Bertz CT molecular complexity index is 448. The number of nitrogens with one attached hydrogen (secondary N) is 1. The summed E-state index contributed by atoms with van der Waals surface area (Å²) in [4.78, 5) is 13.9. The van der Waals surface area contributed by atoms with Gasteiger partial charge in [-0.2, -0.15) is 0 Å². The van der Waals surface area contributed by atoms with Crippen molar-refractivity contribution in [3.8, 4) is 0 Å². The average molecular weight is 258 g/mol. The lowest BCUT2D eigenvalue weighted by molar-refractivity contribution is -0.121. The lowest BCUT2D eigenvalue weighted by atomic mass is 10.1. The Morgan fingerprint density at radius 2 is 2.05 bits per heavy atom. The second-order valence-corrected chi connectivity index (χ2v) is 5.31. The van der Waals surface area contributed by atoms with Gasteiger partial charge in [-0.1, -0.05) is 24.3 Å². The molecule has 0 aromatic heterocycles. The summed E-state index contributed by atoms with van der Waals surface area (Å²) in [6.07, 6.45) is 7.17. The first-order chi connectivity index (χ1) is 9.15. The number of amides is 1. The van der Waals surface area contributed by atoms with E-state index in [0.29, 0.717) is 18.9 Å². The summed E-state index contributed by atoms with van der Waals surface area (Å²) in [7, 11) is 4.04. The Morgan fingerprint density at radius 1 is 1.32 bits per heavy atom. The molecule has 0 radical (unpaired) electrons. The quantitative estimate of drug-likeness (QED) is 0.824. The second-order valence-electron chi connectivity index (χ2n) is 5.31. The SMILES string of the molecule is CN(C)c1ccc(CNC(=O)C[C@H]2C=CCC2)cc1. The molecule has 1 aliphatic rings. The van der Waals surface area contributed by atoms with Gasteiger partial charge in [0.25, 0.3) is 0 Å². The summed E-state index contributed by atoms with van der Waals surface area (Å²) in [5, 5.41) is 2.99. The van der Waals surface area contributed by atoms with Crippen LogP contribution in [0.1, 0.15) is 24.8 Å². The van der Waals surface area contributed by atoms with Gasteiger partial charge >= 0.3 is 0 Å². The molecule has 1 amide bonds. The van der Waals surface area contributed by atoms with E-state index >= 15 is 0 Å². The van der Waals surface area contributed by atoms with Crippen LogP contribution in [0.25, 0.3) is 0 Å². The predicted molar refractivity (Wildman–Crippen MR) is 79.1 cm³/mol. The van der Waals surface area contributed by atoms with Crippen molar-refractivity contribution < 1.29 is 4.79 Å². The third-order valence-corrected chi connectivity index (χ3v) is 3.50. The molecule has 0 aliphatic heterocycles. The van der Waals surface area contributed by atoms with Crippen LogP contribution in [0.5, 0.6) is 0 Å². The van der Waals surface area contributed by atoms with Crippen molar-refractivity contribution in [1.82, 2.24) is 5.32 Å². The molecular weight excluding hydrogens is 236 g/mol. The molecule has 1 aromatic rings. The lowest BCUT2D eigenvalue weighted by Crippen LogP contribution is -2.24. The van der Waals surface area contributed by atoms with E-state index in [2.05, 4.69) is 46.6 Å². The second kappa shape index (κ2) is 6.41. The van der Waals surface area contributed by atoms with Gasteiger partial charge in [0.1, 0.15) is 0 Å². The fourth-order valence-electron chi connectivity index (χ4n) is 2.29. The van der Waals surface area contributed by atoms with Crippen molar-refractivity contribution in [2.45, 2.75) is 25.8 Å². The van der Waals surface area contributed by atoms with Gasteiger partial charge in [-0.05, 0) is 36.5 Å². The predicted octanol–water partition coefficient (Wildman–Crippen LogP) is 2.73.